The highest BCUT2D eigenvalue weighted by molar-refractivity contribution is 5.99. The van der Waals surface area contributed by atoms with Gasteiger partial charge < -0.3 is 42.1 Å². The SMILES string of the molecule is CC(C)[C@H](NC(=O)[C@H](C)NC(=O)c1ccccc1)C(=O)N[C@@H](Cc1ccccc1)C(O)C(O)[C@H](Cc1ccccc1)NC(=O)[C@@H](NC(=O)[C@H](C)NC(=O)c1ccccc1)C(C)C. The molecule has 0 aliphatic heterocycles. The lowest BCUT2D eigenvalue weighted by molar-refractivity contribution is -0.133. The van der Waals surface area contributed by atoms with Crippen LogP contribution in [0.25, 0.3) is 0 Å². The molecule has 2 unspecified atom stereocenters. The van der Waals surface area contributed by atoms with Gasteiger partial charge >= 0.3 is 0 Å². The Bertz CT molecular complexity index is 1920. The molecule has 8 N–H and O–H groups in total. The highest BCUT2D eigenvalue weighted by Crippen LogP contribution is 2.17. The fraction of sp³-hybridized carbons (Fsp3) is 0.375. The lowest BCUT2D eigenvalue weighted by Crippen LogP contribution is -2.62. The Kier molecular flexibility index (Phi) is 18.4. The number of carbonyl (C=O) groups is 6. The summed E-state index contributed by atoms with van der Waals surface area (Å²) >= 11 is 0. The van der Waals surface area contributed by atoms with Crippen LogP contribution in [0.15, 0.2) is 121 Å². The third kappa shape index (κ3) is 14.4. The van der Waals surface area contributed by atoms with Crippen LogP contribution in [0.5, 0.6) is 0 Å². The molecule has 0 aromatic heterocycles. The topological polar surface area (TPSA) is 215 Å². The quantitative estimate of drug-likeness (QED) is 0.0623. The van der Waals surface area contributed by atoms with Crippen molar-refractivity contribution >= 4 is 35.4 Å². The van der Waals surface area contributed by atoms with E-state index in [1.807, 2.05) is 12.1 Å². The van der Waals surface area contributed by atoms with E-state index in [0.717, 1.165) is 11.1 Å². The zero-order valence-corrected chi connectivity index (χ0v) is 36.1. The summed E-state index contributed by atoms with van der Waals surface area (Å²) in [4.78, 5) is 80.4. The molecule has 4 aromatic rings. The van der Waals surface area contributed by atoms with Crippen LogP contribution >= 0.6 is 0 Å². The van der Waals surface area contributed by atoms with Gasteiger partial charge in [0, 0.05) is 11.1 Å². The molecule has 330 valence electrons. The summed E-state index contributed by atoms with van der Waals surface area (Å²) in [5.41, 5.74) is 2.19. The molecule has 0 radical (unpaired) electrons. The largest absolute Gasteiger partial charge is 0.388 e. The van der Waals surface area contributed by atoms with Crippen LogP contribution in [0.2, 0.25) is 0 Å². The average Bonchev–Trinajstić information content (AvgIpc) is 3.27. The molecule has 0 bridgehead atoms. The van der Waals surface area contributed by atoms with E-state index in [-0.39, 0.29) is 12.8 Å². The normalized spacial score (nSPS) is 15.1. The molecule has 4 aromatic carbocycles. The predicted octanol–water partition coefficient (Wildman–Crippen LogP) is 3.08. The number of nitrogens with one attached hydrogen (secondary N) is 6. The monoisotopic (exact) mass is 848 g/mol. The molecule has 4 rings (SSSR count). The van der Waals surface area contributed by atoms with Gasteiger partial charge in [0.2, 0.25) is 23.6 Å². The molecule has 62 heavy (non-hydrogen) atoms. The van der Waals surface area contributed by atoms with E-state index in [0.29, 0.717) is 11.1 Å². The van der Waals surface area contributed by atoms with Crippen molar-refractivity contribution in [3.8, 4) is 0 Å². The maximum atomic E-state index is 14.1. The van der Waals surface area contributed by atoms with E-state index in [1.54, 1.807) is 137 Å². The van der Waals surface area contributed by atoms with Crippen molar-refractivity contribution < 1.29 is 39.0 Å². The highest BCUT2D eigenvalue weighted by atomic mass is 16.3. The number of hydrogen-bond acceptors (Lipinski definition) is 8. The van der Waals surface area contributed by atoms with Crippen LogP contribution in [-0.2, 0) is 32.0 Å². The molecule has 6 amide bonds. The first-order valence-corrected chi connectivity index (χ1v) is 20.9. The summed E-state index contributed by atoms with van der Waals surface area (Å²) < 4.78 is 0. The number of rotatable bonds is 21. The maximum absolute atomic E-state index is 14.1. The minimum Gasteiger partial charge on any atom is -0.388 e. The molecule has 0 fully saturated rings. The van der Waals surface area contributed by atoms with Crippen molar-refractivity contribution in [2.24, 2.45) is 11.8 Å². The number of benzene rings is 4. The molecule has 0 saturated carbocycles. The summed E-state index contributed by atoms with van der Waals surface area (Å²) in [7, 11) is 0. The van der Waals surface area contributed by atoms with Gasteiger partial charge in [-0.3, -0.25) is 28.8 Å². The Morgan fingerprint density at radius 2 is 0.694 bits per heavy atom. The fourth-order valence-corrected chi connectivity index (χ4v) is 6.77. The van der Waals surface area contributed by atoms with Crippen LogP contribution in [0.4, 0.5) is 0 Å². The van der Waals surface area contributed by atoms with Crippen LogP contribution in [0.3, 0.4) is 0 Å². The lowest BCUT2D eigenvalue weighted by Gasteiger charge is -2.35. The molecule has 0 saturated heterocycles. The highest BCUT2D eigenvalue weighted by Gasteiger charge is 2.38. The minimum atomic E-state index is -1.67. The van der Waals surface area contributed by atoms with Gasteiger partial charge in [-0.2, -0.15) is 0 Å². The minimum absolute atomic E-state index is 0.0658. The lowest BCUT2D eigenvalue weighted by atomic mass is 9.90. The standard InChI is InChI=1S/C48H60N6O8/c1-29(2)39(53-43(57)31(5)49-45(59)35-23-15-9-16-24-35)47(61)51-37(27-33-19-11-7-12-20-33)41(55)42(56)38(28-34-21-13-8-14-22-34)52-48(62)40(30(3)4)54-44(58)32(6)50-46(60)36-25-17-10-18-26-36/h7-26,29-32,37-42,55-56H,27-28H2,1-6H3,(H,49,59)(H,50,60)(H,51,61)(H,52,62)(H,53,57)(H,54,58)/t31-,32-,37-,38-,39-,40-,41?,42?/m0/s1. The summed E-state index contributed by atoms with van der Waals surface area (Å²) in [6, 6.07) is 28.4. The number of aliphatic hydroxyl groups is 2. The number of carbonyl (C=O) groups excluding carboxylic acids is 6. The first-order valence-electron chi connectivity index (χ1n) is 20.9. The Morgan fingerprint density at radius 3 is 0.984 bits per heavy atom. The zero-order chi connectivity index (χ0) is 45.3. The van der Waals surface area contributed by atoms with Crippen LogP contribution < -0.4 is 31.9 Å². The summed E-state index contributed by atoms with van der Waals surface area (Å²) in [5, 5.41) is 40.5. The third-order valence-electron chi connectivity index (χ3n) is 10.5. The van der Waals surface area contributed by atoms with Crippen molar-refractivity contribution in [3.05, 3.63) is 144 Å². The van der Waals surface area contributed by atoms with Gasteiger partial charge in [0.1, 0.15) is 36.4 Å². The van der Waals surface area contributed by atoms with E-state index in [4.69, 9.17) is 0 Å². The molecule has 14 nitrogen and oxygen atoms in total. The third-order valence-corrected chi connectivity index (χ3v) is 10.5. The first kappa shape index (κ1) is 48.3. The number of hydrogen-bond donors (Lipinski definition) is 8. The van der Waals surface area contributed by atoms with Crippen molar-refractivity contribution in [2.45, 2.75) is 103 Å². The molecular weight excluding hydrogens is 789 g/mol. The Hall–Kier alpha value is -6.38. The molecule has 0 aliphatic rings. The maximum Gasteiger partial charge on any atom is 0.251 e. The Balaban J connectivity index is 1.54. The molecule has 8 atom stereocenters. The van der Waals surface area contributed by atoms with Crippen molar-refractivity contribution in [2.75, 3.05) is 0 Å². The van der Waals surface area contributed by atoms with Gasteiger partial charge in [-0.15, -0.1) is 0 Å². The van der Waals surface area contributed by atoms with Gasteiger partial charge in [0.05, 0.1) is 12.1 Å². The molecular formula is C48H60N6O8. The van der Waals surface area contributed by atoms with Gasteiger partial charge in [0.15, 0.2) is 0 Å². The van der Waals surface area contributed by atoms with Gasteiger partial charge in [-0.25, -0.2) is 0 Å². The van der Waals surface area contributed by atoms with E-state index < -0.39 is 95.7 Å². The Labute approximate surface area is 363 Å². The second-order valence-corrected chi connectivity index (χ2v) is 16.2. The van der Waals surface area contributed by atoms with Crippen LogP contribution in [0.1, 0.15) is 73.4 Å². The predicted molar refractivity (Wildman–Crippen MR) is 236 cm³/mol. The van der Waals surface area contributed by atoms with Gasteiger partial charge in [-0.05, 0) is 73.9 Å². The number of amides is 6. The van der Waals surface area contributed by atoms with E-state index >= 15 is 0 Å². The molecule has 0 heterocycles. The van der Waals surface area contributed by atoms with E-state index in [9.17, 15) is 39.0 Å². The second kappa shape index (κ2) is 23.6. The average molecular weight is 849 g/mol. The fourth-order valence-electron chi connectivity index (χ4n) is 6.77. The van der Waals surface area contributed by atoms with Crippen molar-refractivity contribution in [1.29, 1.82) is 0 Å². The van der Waals surface area contributed by atoms with Gasteiger partial charge in [0.25, 0.3) is 11.8 Å². The summed E-state index contributed by atoms with van der Waals surface area (Å²) in [6.07, 6.45) is -3.20. The smallest absolute Gasteiger partial charge is 0.251 e. The Morgan fingerprint density at radius 1 is 0.403 bits per heavy atom. The first-order chi connectivity index (χ1) is 29.5. The molecule has 0 spiro atoms. The van der Waals surface area contributed by atoms with Crippen molar-refractivity contribution in [3.63, 3.8) is 0 Å². The van der Waals surface area contributed by atoms with Crippen molar-refractivity contribution in [1.82, 2.24) is 31.9 Å². The van der Waals surface area contributed by atoms with E-state index in [1.165, 1.54) is 13.8 Å². The van der Waals surface area contributed by atoms with Crippen LogP contribution in [0, 0.1) is 11.8 Å². The molecule has 14 heteroatoms. The number of aliphatic hydroxyl groups excluding tert-OH is 2. The second-order valence-electron chi connectivity index (χ2n) is 16.2. The zero-order valence-electron chi connectivity index (χ0n) is 36.1. The summed E-state index contributed by atoms with van der Waals surface area (Å²) in [5.74, 6) is -4.26. The molecule has 0 aliphatic carbocycles. The van der Waals surface area contributed by atoms with Gasteiger partial charge in [-0.1, -0.05) is 125 Å². The van der Waals surface area contributed by atoms with E-state index in [2.05, 4.69) is 31.9 Å². The van der Waals surface area contributed by atoms with Crippen LogP contribution in [-0.4, -0.2) is 94.1 Å². The summed E-state index contributed by atoms with van der Waals surface area (Å²) in [6.45, 7) is 9.96.